The zero-order valence-electron chi connectivity index (χ0n) is 18.8. The number of rotatable bonds is 9. The molecular weight excluding hydrogens is 554 g/mol. The molecule has 0 radical (unpaired) electrons. The van der Waals surface area contributed by atoms with Gasteiger partial charge in [-0.15, -0.1) is 0 Å². The number of halogens is 2. The molecule has 0 aliphatic carbocycles. The van der Waals surface area contributed by atoms with Crippen molar-refractivity contribution < 1.29 is 24.3 Å². The summed E-state index contributed by atoms with van der Waals surface area (Å²) < 4.78 is 12.2. The monoisotopic (exact) mass is 571 g/mol. The van der Waals surface area contributed by atoms with Gasteiger partial charge in [-0.2, -0.15) is 5.26 Å². The van der Waals surface area contributed by atoms with Gasteiger partial charge in [0.1, 0.15) is 24.0 Å². The molecule has 3 aromatic rings. The summed E-state index contributed by atoms with van der Waals surface area (Å²) in [7, 11) is 0. The molecule has 9 nitrogen and oxygen atoms in total. The number of anilines is 1. The van der Waals surface area contributed by atoms with E-state index in [1.54, 1.807) is 24.3 Å². The molecule has 0 aliphatic rings. The summed E-state index contributed by atoms with van der Waals surface area (Å²) in [6, 6.07) is 15.5. The minimum atomic E-state index is -0.807. The molecular formula is C25H19BrClN3O6. The van der Waals surface area contributed by atoms with Gasteiger partial charge in [0.25, 0.3) is 11.6 Å². The Morgan fingerprint density at radius 2 is 1.94 bits per heavy atom. The number of ether oxygens (including phenoxy) is 2. The maximum Gasteiger partial charge on any atom is 0.273 e. The van der Waals surface area contributed by atoms with Crippen molar-refractivity contribution in [3.05, 3.63) is 90.9 Å². The van der Waals surface area contributed by atoms with Gasteiger partial charge in [0.05, 0.1) is 27.8 Å². The first kappa shape index (κ1) is 26.5. The zero-order valence-corrected chi connectivity index (χ0v) is 21.2. The Morgan fingerprint density at radius 1 is 1.22 bits per heavy atom. The largest absolute Gasteiger partial charge is 0.506 e. The summed E-state index contributed by atoms with van der Waals surface area (Å²) in [4.78, 5) is 22.8. The molecule has 3 aromatic carbocycles. The number of phenolic OH excluding ortho intramolecular Hbond substituents is 1. The van der Waals surface area contributed by atoms with E-state index >= 15 is 0 Å². The first-order chi connectivity index (χ1) is 17.2. The van der Waals surface area contributed by atoms with E-state index in [4.69, 9.17) is 21.1 Å². The van der Waals surface area contributed by atoms with Crippen molar-refractivity contribution in [1.29, 1.82) is 5.26 Å². The maximum atomic E-state index is 12.6. The molecule has 36 heavy (non-hydrogen) atoms. The lowest BCUT2D eigenvalue weighted by atomic mass is 10.1. The number of non-ortho nitro benzene ring substituents is 1. The van der Waals surface area contributed by atoms with E-state index in [0.29, 0.717) is 33.2 Å². The van der Waals surface area contributed by atoms with E-state index in [1.165, 1.54) is 12.1 Å². The highest BCUT2D eigenvalue weighted by atomic mass is 79.9. The molecule has 0 fully saturated rings. The fraction of sp³-hybridized carbons (Fsp3) is 0.120. The van der Waals surface area contributed by atoms with Crippen LogP contribution in [-0.2, 0) is 11.4 Å². The Labute approximate surface area is 219 Å². The lowest BCUT2D eigenvalue weighted by Gasteiger charge is -2.15. The lowest BCUT2D eigenvalue weighted by molar-refractivity contribution is -0.384. The van der Waals surface area contributed by atoms with Gasteiger partial charge in [0.2, 0.25) is 0 Å². The standard InChI is InChI=1S/C25H19BrClN3O6/c1-2-35-23-11-16(10-20(26)24(23)36-14-15-3-5-18(27)6-4-15)9-17(13-28)25(32)29-21-8-7-19(30(33)34)12-22(21)31/h3-12,31H,2,14H2,1H3,(H,29,32)/b17-9-. The van der Waals surface area contributed by atoms with Crippen LogP contribution in [0.2, 0.25) is 5.02 Å². The molecule has 1 amide bonds. The number of phenols is 1. The summed E-state index contributed by atoms with van der Waals surface area (Å²) in [5, 5.41) is 33.3. The number of nitrogens with one attached hydrogen (secondary N) is 1. The number of carbonyl (C=O) groups excluding carboxylic acids is 1. The lowest BCUT2D eigenvalue weighted by Crippen LogP contribution is -2.13. The second kappa shape index (κ2) is 12.1. The van der Waals surface area contributed by atoms with Crippen molar-refractivity contribution in [3.63, 3.8) is 0 Å². The minimum absolute atomic E-state index is 0.0751. The van der Waals surface area contributed by atoms with Crippen LogP contribution in [0, 0.1) is 21.4 Å². The molecule has 2 N–H and O–H groups in total. The second-order valence-electron chi connectivity index (χ2n) is 7.26. The van der Waals surface area contributed by atoms with Crippen LogP contribution in [0.25, 0.3) is 6.08 Å². The molecule has 0 unspecified atom stereocenters. The normalized spacial score (nSPS) is 10.9. The van der Waals surface area contributed by atoms with E-state index in [1.807, 2.05) is 25.1 Å². The minimum Gasteiger partial charge on any atom is -0.506 e. The summed E-state index contributed by atoms with van der Waals surface area (Å²) in [5.74, 6) is -0.460. The van der Waals surface area contributed by atoms with Crippen LogP contribution < -0.4 is 14.8 Å². The topological polar surface area (TPSA) is 135 Å². The molecule has 0 aromatic heterocycles. The molecule has 0 spiro atoms. The summed E-state index contributed by atoms with van der Waals surface area (Å²) in [5.41, 5.74) is 0.693. The predicted octanol–water partition coefficient (Wildman–Crippen LogP) is 6.24. The number of hydrogen-bond acceptors (Lipinski definition) is 7. The Morgan fingerprint density at radius 3 is 2.56 bits per heavy atom. The number of amides is 1. The van der Waals surface area contributed by atoms with Crippen molar-refractivity contribution in [2.45, 2.75) is 13.5 Å². The first-order valence-corrected chi connectivity index (χ1v) is 11.6. The Hall–Kier alpha value is -4.07. The molecule has 0 saturated heterocycles. The van der Waals surface area contributed by atoms with Crippen molar-refractivity contribution in [2.75, 3.05) is 11.9 Å². The van der Waals surface area contributed by atoms with Crippen molar-refractivity contribution in [2.24, 2.45) is 0 Å². The van der Waals surface area contributed by atoms with E-state index in [-0.39, 0.29) is 23.6 Å². The smallest absolute Gasteiger partial charge is 0.273 e. The summed E-state index contributed by atoms with van der Waals surface area (Å²) in [6.45, 7) is 2.42. The first-order valence-electron chi connectivity index (χ1n) is 10.5. The number of carbonyl (C=O) groups is 1. The van der Waals surface area contributed by atoms with E-state index in [0.717, 1.165) is 17.7 Å². The highest BCUT2D eigenvalue weighted by Crippen LogP contribution is 2.38. The number of nitriles is 1. The van der Waals surface area contributed by atoms with Crippen LogP contribution >= 0.6 is 27.5 Å². The van der Waals surface area contributed by atoms with Gasteiger partial charge in [0, 0.05) is 11.1 Å². The van der Waals surface area contributed by atoms with Gasteiger partial charge < -0.3 is 19.9 Å². The van der Waals surface area contributed by atoms with Crippen molar-refractivity contribution in [3.8, 4) is 23.3 Å². The number of nitro benzene ring substituents is 1. The third-order valence-corrected chi connectivity index (χ3v) is 5.59. The quantitative estimate of drug-likeness (QED) is 0.102. The fourth-order valence-corrected chi connectivity index (χ4v) is 3.75. The number of benzene rings is 3. The maximum absolute atomic E-state index is 12.6. The second-order valence-corrected chi connectivity index (χ2v) is 8.55. The molecule has 184 valence electrons. The molecule has 0 atom stereocenters. The molecule has 0 bridgehead atoms. The van der Waals surface area contributed by atoms with Gasteiger partial charge in [0.15, 0.2) is 11.5 Å². The zero-order chi connectivity index (χ0) is 26.2. The highest BCUT2D eigenvalue weighted by Gasteiger charge is 2.17. The third kappa shape index (κ3) is 6.75. The van der Waals surface area contributed by atoms with Gasteiger partial charge >= 0.3 is 0 Å². The number of hydrogen-bond donors (Lipinski definition) is 2. The van der Waals surface area contributed by atoms with E-state index < -0.39 is 16.6 Å². The van der Waals surface area contributed by atoms with E-state index in [9.17, 15) is 25.3 Å². The van der Waals surface area contributed by atoms with Crippen molar-refractivity contribution in [1.82, 2.24) is 0 Å². The van der Waals surface area contributed by atoms with Gasteiger partial charge in [-0.1, -0.05) is 23.7 Å². The van der Waals surface area contributed by atoms with Crippen LogP contribution in [-0.4, -0.2) is 22.5 Å². The SMILES string of the molecule is CCOc1cc(/C=C(/C#N)C(=O)Nc2ccc([N+](=O)[O-])cc2O)cc(Br)c1OCc1ccc(Cl)cc1. The molecule has 0 aliphatic heterocycles. The fourth-order valence-electron chi connectivity index (χ4n) is 3.05. The van der Waals surface area contributed by atoms with E-state index in [2.05, 4.69) is 21.2 Å². The number of aromatic hydroxyl groups is 1. The van der Waals surface area contributed by atoms with Crippen molar-refractivity contribution >= 4 is 50.9 Å². The average Bonchev–Trinajstić information content (AvgIpc) is 2.84. The van der Waals surface area contributed by atoms with Gasteiger partial charge in [-0.05, 0) is 70.4 Å². The van der Waals surface area contributed by atoms with Crippen LogP contribution in [0.3, 0.4) is 0 Å². The number of nitrogens with zero attached hydrogens (tertiary/aromatic N) is 2. The Bertz CT molecular complexity index is 1370. The average molecular weight is 573 g/mol. The molecule has 11 heteroatoms. The van der Waals surface area contributed by atoms with Crippen LogP contribution in [0.4, 0.5) is 11.4 Å². The van der Waals surface area contributed by atoms with Crippen LogP contribution in [0.15, 0.2) is 64.6 Å². The van der Waals surface area contributed by atoms with Gasteiger partial charge in [-0.25, -0.2) is 0 Å². The summed E-state index contributed by atoms with van der Waals surface area (Å²) in [6.07, 6.45) is 1.34. The Balaban J connectivity index is 1.84. The molecule has 3 rings (SSSR count). The molecule has 0 saturated carbocycles. The predicted molar refractivity (Wildman–Crippen MR) is 138 cm³/mol. The highest BCUT2D eigenvalue weighted by molar-refractivity contribution is 9.10. The number of nitro groups is 1. The summed E-state index contributed by atoms with van der Waals surface area (Å²) >= 11 is 9.38. The van der Waals surface area contributed by atoms with Gasteiger partial charge in [-0.3, -0.25) is 14.9 Å². The van der Waals surface area contributed by atoms with Crippen LogP contribution in [0.1, 0.15) is 18.1 Å². The Kier molecular flexibility index (Phi) is 8.89. The third-order valence-electron chi connectivity index (χ3n) is 4.74. The molecule has 0 heterocycles. The van der Waals surface area contributed by atoms with Crippen LogP contribution in [0.5, 0.6) is 17.2 Å².